The Morgan fingerprint density at radius 3 is 1.38 bits per heavy atom. The first kappa shape index (κ1) is 27.2. The van der Waals surface area contributed by atoms with Crippen molar-refractivity contribution in [2.45, 2.75) is 52.4 Å². The molecule has 0 radical (unpaired) electrons. The van der Waals surface area contributed by atoms with Gasteiger partial charge in [0.2, 0.25) is 0 Å². The molecule has 5 rings (SSSR count). The Bertz CT molecular complexity index is 1500. The van der Waals surface area contributed by atoms with Crippen molar-refractivity contribution in [2.75, 3.05) is 0 Å². The van der Waals surface area contributed by atoms with Crippen molar-refractivity contribution in [2.24, 2.45) is 0 Å². The lowest BCUT2D eigenvalue weighted by Gasteiger charge is -2.45. The molecule has 0 amide bonds. The highest BCUT2D eigenvalue weighted by Gasteiger charge is 2.53. The summed E-state index contributed by atoms with van der Waals surface area (Å²) in [6.07, 6.45) is 0. The highest BCUT2D eigenvalue weighted by atomic mass is 28.3. The largest absolute Gasteiger partial charge is 0.317 e. The summed E-state index contributed by atoms with van der Waals surface area (Å²) in [6.45, 7) is 17.4. The fourth-order valence-electron chi connectivity index (χ4n) is 6.80. The summed E-state index contributed by atoms with van der Waals surface area (Å²) in [7, 11) is -4.42. The molecule has 0 aliphatic carbocycles. The standard InChI is InChI=1S/C36H41NSi2/c1-28-34(38(5,6)7)33(29-20-12-8-13-21-29)37(30-22-14-9-15-23-30)35(28)39(36(2,3)4,31-24-16-10-17-25-31)32-26-18-11-19-27-32/h8-27H,1-7H3. The van der Waals surface area contributed by atoms with Gasteiger partial charge in [-0.3, -0.25) is 0 Å². The number of aromatic nitrogens is 1. The van der Waals surface area contributed by atoms with Crippen molar-refractivity contribution in [3.63, 3.8) is 0 Å². The predicted molar refractivity (Wildman–Crippen MR) is 176 cm³/mol. The summed E-state index contributed by atoms with van der Waals surface area (Å²) < 4.78 is 2.68. The van der Waals surface area contributed by atoms with Crippen LogP contribution in [0.2, 0.25) is 24.7 Å². The van der Waals surface area contributed by atoms with E-state index in [0.717, 1.165) is 0 Å². The van der Waals surface area contributed by atoms with Crippen molar-refractivity contribution in [3.05, 3.63) is 127 Å². The second-order valence-corrected chi connectivity index (χ2v) is 22.3. The van der Waals surface area contributed by atoms with E-state index in [-0.39, 0.29) is 5.04 Å². The number of hydrogen-bond donors (Lipinski definition) is 0. The lowest BCUT2D eigenvalue weighted by Crippen LogP contribution is -2.74. The van der Waals surface area contributed by atoms with Crippen molar-refractivity contribution >= 4 is 37.0 Å². The van der Waals surface area contributed by atoms with Gasteiger partial charge in [-0.25, -0.2) is 0 Å². The third kappa shape index (κ3) is 4.58. The summed E-state index contributed by atoms with van der Waals surface area (Å²) in [4.78, 5) is 0. The monoisotopic (exact) mass is 543 g/mol. The molecule has 0 aliphatic rings. The van der Waals surface area contributed by atoms with Gasteiger partial charge in [-0.1, -0.05) is 150 Å². The van der Waals surface area contributed by atoms with E-state index < -0.39 is 16.1 Å². The molecule has 1 aromatic heterocycles. The molecule has 0 atom stereocenters. The molecule has 1 heterocycles. The van der Waals surface area contributed by atoms with E-state index in [1.54, 1.807) is 5.19 Å². The van der Waals surface area contributed by atoms with Gasteiger partial charge in [0.15, 0.2) is 8.07 Å². The van der Waals surface area contributed by atoms with Crippen LogP contribution in [0.15, 0.2) is 121 Å². The lowest BCUT2D eigenvalue weighted by molar-refractivity contribution is 0.736. The van der Waals surface area contributed by atoms with E-state index in [1.165, 1.54) is 38.2 Å². The van der Waals surface area contributed by atoms with Crippen LogP contribution in [0.1, 0.15) is 26.3 Å². The second kappa shape index (κ2) is 10.3. The minimum absolute atomic E-state index is 0.00395. The van der Waals surface area contributed by atoms with Gasteiger partial charge in [-0.05, 0) is 50.8 Å². The third-order valence-electron chi connectivity index (χ3n) is 8.12. The molecule has 0 saturated heterocycles. The zero-order valence-electron chi connectivity index (χ0n) is 24.5. The molecule has 0 saturated carbocycles. The van der Waals surface area contributed by atoms with Crippen molar-refractivity contribution in [1.29, 1.82) is 0 Å². The number of hydrogen-bond acceptors (Lipinski definition) is 0. The molecular weight excluding hydrogens is 503 g/mol. The second-order valence-electron chi connectivity index (χ2n) is 12.7. The average molecular weight is 544 g/mol. The highest BCUT2D eigenvalue weighted by molar-refractivity contribution is 7.13. The molecule has 5 aromatic rings. The van der Waals surface area contributed by atoms with Crippen LogP contribution in [0.5, 0.6) is 0 Å². The molecule has 198 valence electrons. The molecule has 0 unspecified atom stereocenters. The van der Waals surface area contributed by atoms with E-state index in [4.69, 9.17) is 0 Å². The van der Waals surface area contributed by atoms with Gasteiger partial charge in [0.05, 0.1) is 13.8 Å². The first-order chi connectivity index (χ1) is 18.6. The Kier molecular flexibility index (Phi) is 7.17. The van der Waals surface area contributed by atoms with Gasteiger partial charge in [-0.2, -0.15) is 0 Å². The SMILES string of the molecule is Cc1c([Si](C)(C)C)c(-c2ccccc2)n(-c2ccccc2)c1[Si](c1ccccc1)(c1ccccc1)C(C)(C)C. The van der Waals surface area contributed by atoms with Crippen LogP contribution in [-0.4, -0.2) is 20.7 Å². The van der Waals surface area contributed by atoms with Crippen LogP contribution in [0, 0.1) is 6.92 Å². The quantitative estimate of drug-likeness (QED) is 0.199. The predicted octanol–water partition coefficient (Wildman–Crippen LogP) is 7.27. The molecule has 0 N–H and O–H groups in total. The number of benzene rings is 4. The van der Waals surface area contributed by atoms with Crippen LogP contribution in [0.25, 0.3) is 16.9 Å². The Morgan fingerprint density at radius 2 is 0.974 bits per heavy atom. The van der Waals surface area contributed by atoms with Crippen LogP contribution < -0.4 is 20.9 Å². The molecule has 1 nitrogen and oxygen atoms in total. The van der Waals surface area contributed by atoms with E-state index in [1.807, 2.05) is 0 Å². The van der Waals surface area contributed by atoms with Gasteiger partial charge in [0, 0.05) is 11.0 Å². The first-order valence-corrected chi connectivity index (χ1v) is 19.6. The minimum Gasteiger partial charge on any atom is -0.317 e. The van der Waals surface area contributed by atoms with Gasteiger partial charge in [-0.15, -0.1) is 0 Å². The Morgan fingerprint density at radius 1 is 0.564 bits per heavy atom. The zero-order valence-corrected chi connectivity index (χ0v) is 26.5. The van der Waals surface area contributed by atoms with Crippen LogP contribution in [-0.2, 0) is 0 Å². The summed E-state index contributed by atoms with van der Waals surface area (Å²) in [5.74, 6) is 0. The van der Waals surface area contributed by atoms with Crippen LogP contribution in [0.3, 0.4) is 0 Å². The summed E-state index contributed by atoms with van der Waals surface area (Å²) in [5.41, 5.74) is 5.39. The van der Waals surface area contributed by atoms with Gasteiger partial charge in [0.1, 0.15) is 0 Å². The molecule has 0 spiro atoms. The third-order valence-corrected chi connectivity index (χ3v) is 16.2. The maximum Gasteiger partial charge on any atom is 0.174 e. The molecular formula is C36H41NSi2. The lowest BCUT2D eigenvalue weighted by atomic mass is 10.1. The summed E-state index contributed by atoms with van der Waals surface area (Å²) >= 11 is 0. The maximum absolute atomic E-state index is 2.68. The minimum atomic E-state index is -2.63. The Balaban J connectivity index is 2.10. The van der Waals surface area contributed by atoms with Gasteiger partial charge >= 0.3 is 0 Å². The van der Waals surface area contributed by atoms with Crippen molar-refractivity contribution < 1.29 is 0 Å². The van der Waals surface area contributed by atoms with E-state index >= 15 is 0 Å². The molecule has 0 aliphatic heterocycles. The first-order valence-electron chi connectivity index (χ1n) is 14.1. The van der Waals surface area contributed by atoms with E-state index in [9.17, 15) is 0 Å². The number of nitrogens with zero attached hydrogens (tertiary/aromatic N) is 1. The molecule has 0 bridgehead atoms. The highest BCUT2D eigenvalue weighted by Crippen LogP contribution is 2.39. The smallest absolute Gasteiger partial charge is 0.174 e. The maximum atomic E-state index is 2.68. The van der Waals surface area contributed by atoms with Gasteiger partial charge in [0.25, 0.3) is 0 Å². The summed E-state index contributed by atoms with van der Waals surface area (Å²) in [6, 6.07) is 45.0. The number of rotatable bonds is 6. The van der Waals surface area contributed by atoms with E-state index in [2.05, 4.69) is 173 Å². The Hall–Kier alpha value is -3.41. The van der Waals surface area contributed by atoms with E-state index in [0.29, 0.717) is 0 Å². The molecule has 0 fully saturated rings. The molecule has 39 heavy (non-hydrogen) atoms. The number of para-hydroxylation sites is 1. The van der Waals surface area contributed by atoms with Crippen LogP contribution >= 0.6 is 0 Å². The zero-order chi connectivity index (χ0) is 27.8. The fraction of sp³-hybridized carbons (Fsp3) is 0.222. The Labute approximate surface area is 237 Å². The average Bonchev–Trinajstić information content (AvgIpc) is 3.24. The molecule has 4 aromatic carbocycles. The fourth-order valence-corrected chi connectivity index (χ4v) is 15.1. The van der Waals surface area contributed by atoms with Crippen molar-refractivity contribution in [3.8, 4) is 16.9 Å². The van der Waals surface area contributed by atoms with Crippen LogP contribution in [0.4, 0.5) is 0 Å². The topological polar surface area (TPSA) is 4.93 Å². The van der Waals surface area contributed by atoms with Gasteiger partial charge < -0.3 is 4.57 Å². The normalized spacial score (nSPS) is 12.5. The summed E-state index contributed by atoms with van der Waals surface area (Å²) in [5, 5.41) is 6.00. The van der Waals surface area contributed by atoms with Crippen molar-refractivity contribution in [1.82, 2.24) is 4.57 Å². The molecule has 3 heteroatoms.